The van der Waals surface area contributed by atoms with Gasteiger partial charge < -0.3 is 5.32 Å². The number of rotatable bonds is 4. The number of carbonyl (C=O) groups excluding carboxylic acids is 3. The zero-order valence-electron chi connectivity index (χ0n) is 13.2. The van der Waals surface area contributed by atoms with Gasteiger partial charge in [0, 0.05) is 18.7 Å². The van der Waals surface area contributed by atoms with Crippen LogP contribution < -0.4 is 5.32 Å². The highest BCUT2D eigenvalue weighted by molar-refractivity contribution is 6.42. The Labute approximate surface area is 155 Å². The quantitative estimate of drug-likeness (QED) is 0.646. The van der Waals surface area contributed by atoms with Crippen LogP contribution in [-0.4, -0.2) is 29.2 Å². The van der Waals surface area contributed by atoms with Gasteiger partial charge in [0.05, 0.1) is 21.9 Å². The Hall–Kier alpha value is -1.85. The zero-order chi connectivity index (χ0) is 17.7. The first-order valence-electron chi connectivity index (χ1n) is 8.24. The fourth-order valence-corrected chi connectivity index (χ4v) is 4.49. The Morgan fingerprint density at radius 3 is 2.32 bits per heavy atom. The fraction of sp³-hybridized carbons (Fsp3) is 0.389. The van der Waals surface area contributed by atoms with E-state index in [1.54, 1.807) is 18.2 Å². The molecule has 2 bridgehead atoms. The van der Waals surface area contributed by atoms with Crippen LogP contribution in [0.5, 0.6) is 0 Å². The first kappa shape index (κ1) is 16.6. The second-order valence-electron chi connectivity index (χ2n) is 6.76. The Bertz CT molecular complexity index is 778. The van der Waals surface area contributed by atoms with Gasteiger partial charge in [0.2, 0.25) is 17.7 Å². The Morgan fingerprint density at radius 1 is 1.08 bits per heavy atom. The third-order valence-electron chi connectivity index (χ3n) is 5.33. The number of likely N-dealkylation sites (tertiary alicyclic amines) is 1. The summed E-state index contributed by atoms with van der Waals surface area (Å²) in [5.41, 5.74) is 0.526. The number of carbonyl (C=O) groups is 3. The molecule has 1 aromatic carbocycles. The Morgan fingerprint density at radius 2 is 1.72 bits per heavy atom. The molecule has 4 atom stereocenters. The molecule has 0 radical (unpaired) electrons. The Kier molecular flexibility index (Phi) is 4.08. The van der Waals surface area contributed by atoms with Gasteiger partial charge in [-0.1, -0.05) is 35.4 Å². The number of hydrogen-bond acceptors (Lipinski definition) is 3. The van der Waals surface area contributed by atoms with Crippen molar-refractivity contribution in [1.82, 2.24) is 4.90 Å². The minimum absolute atomic E-state index is 0.0555. The largest absolute Gasteiger partial charge is 0.326 e. The summed E-state index contributed by atoms with van der Waals surface area (Å²) in [6.07, 6.45) is 5.06. The van der Waals surface area contributed by atoms with E-state index in [4.69, 9.17) is 23.2 Å². The number of amides is 3. The van der Waals surface area contributed by atoms with Crippen LogP contribution in [0, 0.1) is 23.7 Å². The molecule has 1 N–H and O–H groups in total. The molecule has 1 aliphatic heterocycles. The van der Waals surface area contributed by atoms with Gasteiger partial charge in [-0.25, -0.2) is 0 Å². The van der Waals surface area contributed by atoms with Gasteiger partial charge in [-0.15, -0.1) is 0 Å². The minimum atomic E-state index is -0.280. The molecule has 1 saturated carbocycles. The van der Waals surface area contributed by atoms with E-state index in [2.05, 4.69) is 17.5 Å². The number of benzene rings is 1. The number of nitrogens with one attached hydrogen (secondary N) is 1. The number of allylic oxidation sites excluding steroid dienone is 2. The van der Waals surface area contributed by atoms with Crippen LogP contribution in [0.25, 0.3) is 0 Å². The smallest absolute Gasteiger partial charge is 0.233 e. The van der Waals surface area contributed by atoms with Gasteiger partial charge in [-0.3, -0.25) is 19.3 Å². The highest BCUT2D eigenvalue weighted by Crippen LogP contribution is 2.52. The summed E-state index contributed by atoms with van der Waals surface area (Å²) >= 11 is 11.8. The van der Waals surface area contributed by atoms with E-state index in [-0.39, 0.29) is 54.4 Å². The van der Waals surface area contributed by atoms with Crippen LogP contribution in [-0.2, 0) is 14.4 Å². The van der Waals surface area contributed by atoms with Crippen molar-refractivity contribution in [3.05, 3.63) is 40.4 Å². The molecule has 2 aliphatic carbocycles. The van der Waals surface area contributed by atoms with Crippen molar-refractivity contribution in [3.8, 4) is 0 Å². The molecule has 3 amide bonds. The lowest BCUT2D eigenvalue weighted by Gasteiger charge is -2.17. The monoisotopic (exact) mass is 378 g/mol. The molecule has 1 heterocycles. The lowest BCUT2D eigenvalue weighted by Crippen LogP contribution is -2.35. The van der Waals surface area contributed by atoms with Gasteiger partial charge in [0.25, 0.3) is 0 Å². The van der Waals surface area contributed by atoms with E-state index in [0.29, 0.717) is 15.7 Å². The van der Waals surface area contributed by atoms with Crippen molar-refractivity contribution in [2.75, 3.05) is 11.9 Å². The van der Waals surface area contributed by atoms with Crippen molar-refractivity contribution >= 4 is 46.6 Å². The lowest BCUT2D eigenvalue weighted by molar-refractivity contribution is -0.140. The molecule has 3 aliphatic rings. The van der Waals surface area contributed by atoms with Crippen molar-refractivity contribution in [2.45, 2.75) is 12.8 Å². The molecule has 1 saturated heterocycles. The van der Waals surface area contributed by atoms with Crippen LogP contribution in [0.3, 0.4) is 0 Å². The predicted molar refractivity (Wildman–Crippen MR) is 94.1 cm³/mol. The van der Waals surface area contributed by atoms with Crippen molar-refractivity contribution < 1.29 is 14.4 Å². The van der Waals surface area contributed by atoms with E-state index in [1.165, 1.54) is 4.90 Å². The topological polar surface area (TPSA) is 66.5 Å². The van der Waals surface area contributed by atoms with Crippen LogP contribution in [0.2, 0.25) is 10.0 Å². The highest BCUT2D eigenvalue weighted by Gasteiger charge is 2.58. The van der Waals surface area contributed by atoms with Crippen molar-refractivity contribution in [1.29, 1.82) is 0 Å². The molecule has 5 nitrogen and oxygen atoms in total. The van der Waals surface area contributed by atoms with Gasteiger partial charge >= 0.3 is 0 Å². The summed E-state index contributed by atoms with van der Waals surface area (Å²) in [5.74, 6) is -0.621. The first-order valence-corrected chi connectivity index (χ1v) is 9.00. The predicted octanol–water partition coefficient (Wildman–Crippen LogP) is 3.13. The highest BCUT2D eigenvalue weighted by atomic mass is 35.5. The molecule has 0 unspecified atom stereocenters. The average Bonchev–Trinajstić information content (AvgIpc) is 3.24. The van der Waals surface area contributed by atoms with Crippen molar-refractivity contribution in [2.24, 2.45) is 23.7 Å². The fourth-order valence-electron chi connectivity index (χ4n) is 4.20. The van der Waals surface area contributed by atoms with Crippen LogP contribution in [0.1, 0.15) is 12.8 Å². The normalized spacial score (nSPS) is 29.4. The maximum Gasteiger partial charge on any atom is 0.233 e. The molecule has 1 aromatic rings. The zero-order valence-corrected chi connectivity index (χ0v) is 14.8. The van der Waals surface area contributed by atoms with E-state index < -0.39 is 0 Å². The molecule has 130 valence electrons. The number of nitrogens with zero attached hydrogens (tertiary/aromatic N) is 1. The third kappa shape index (κ3) is 2.75. The van der Waals surface area contributed by atoms with E-state index in [9.17, 15) is 14.4 Å². The summed E-state index contributed by atoms with van der Waals surface area (Å²) in [4.78, 5) is 38.5. The summed E-state index contributed by atoms with van der Waals surface area (Å²) < 4.78 is 0. The second kappa shape index (κ2) is 6.15. The van der Waals surface area contributed by atoms with Gasteiger partial charge in [-0.2, -0.15) is 0 Å². The summed E-state index contributed by atoms with van der Waals surface area (Å²) in [7, 11) is 0. The second-order valence-corrected chi connectivity index (χ2v) is 7.57. The first-order chi connectivity index (χ1) is 12.0. The lowest BCUT2D eigenvalue weighted by atomic mass is 9.85. The standard InChI is InChI=1S/C18H16Cl2N2O3/c19-12-4-3-11(8-13(12)20)21-14(23)5-6-22-17(24)15-9-1-2-10(7-9)16(15)18(22)25/h1-4,8-10,15-16H,5-7H2,(H,21,23)/t9-,10+,15-,16-/m0/s1. The molecule has 2 fully saturated rings. The molecule has 4 rings (SSSR count). The van der Waals surface area contributed by atoms with E-state index in [0.717, 1.165) is 6.42 Å². The SMILES string of the molecule is O=C(CCN1C(=O)[C@@H]2[C@@H](C1=O)[C@H]1C=C[C@@H]2C1)Nc1ccc(Cl)c(Cl)c1. The van der Waals surface area contributed by atoms with Gasteiger partial charge in [0.15, 0.2) is 0 Å². The van der Waals surface area contributed by atoms with Gasteiger partial charge in [0.1, 0.15) is 0 Å². The summed E-state index contributed by atoms with van der Waals surface area (Å²) in [6, 6.07) is 4.80. The number of hydrogen-bond donors (Lipinski definition) is 1. The molecule has 7 heteroatoms. The number of imide groups is 1. The molecular formula is C18H16Cl2N2O3. The molecule has 0 spiro atoms. The van der Waals surface area contributed by atoms with E-state index in [1.807, 2.05) is 0 Å². The maximum absolute atomic E-state index is 12.5. The van der Waals surface area contributed by atoms with Crippen molar-refractivity contribution in [3.63, 3.8) is 0 Å². The van der Waals surface area contributed by atoms with Crippen LogP contribution in [0.4, 0.5) is 5.69 Å². The maximum atomic E-state index is 12.5. The summed E-state index contributed by atoms with van der Waals surface area (Å²) in [5, 5.41) is 3.45. The van der Waals surface area contributed by atoms with Gasteiger partial charge in [-0.05, 0) is 36.5 Å². The Balaban J connectivity index is 1.37. The molecular weight excluding hydrogens is 363 g/mol. The average molecular weight is 379 g/mol. The molecule has 25 heavy (non-hydrogen) atoms. The van der Waals surface area contributed by atoms with E-state index >= 15 is 0 Å². The third-order valence-corrected chi connectivity index (χ3v) is 6.07. The summed E-state index contributed by atoms with van der Waals surface area (Å²) in [6.45, 7) is 0.108. The van der Waals surface area contributed by atoms with Crippen LogP contribution >= 0.6 is 23.2 Å². The molecule has 0 aromatic heterocycles. The van der Waals surface area contributed by atoms with Crippen LogP contribution in [0.15, 0.2) is 30.4 Å². The number of fused-ring (bicyclic) bond motifs is 5. The minimum Gasteiger partial charge on any atom is -0.326 e. The number of halogens is 2. The number of anilines is 1.